The normalized spacial score (nSPS) is 20.7. The zero-order valence-electron chi connectivity index (χ0n) is 15.9. The Labute approximate surface area is 169 Å². The van der Waals surface area contributed by atoms with Crippen molar-refractivity contribution >= 4 is 30.3 Å². The molecule has 2 heteroatoms. The molecule has 0 saturated heterocycles. The highest BCUT2D eigenvalue weighted by Crippen LogP contribution is 2.53. The number of hydrogen-bond acceptors (Lipinski definition) is 1. The van der Waals surface area contributed by atoms with E-state index in [9.17, 15) is 0 Å². The average Bonchev–Trinajstić information content (AvgIpc) is 3.20. The van der Waals surface area contributed by atoms with Gasteiger partial charge in [-0.15, -0.1) is 11.8 Å². The Morgan fingerprint density at radius 1 is 0.741 bits per heavy atom. The third kappa shape index (κ3) is 4.48. The van der Waals surface area contributed by atoms with Crippen molar-refractivity contribution in [1.29, 1.82) is 0 Å². The van der Waals surface area contributed by atoms with Gasteiger partial charge < -0.3 is 0 Å². The lowest BCUT2D eigenvalue weighted by atomic mass is 10.0. The SMILES string of the molecule is C[C@@H](Sc1ccccc1)C1CCCC1P(c1ccccc1)c1ccccc1. The van der Waals surface area contributed by atoms with Crippen molar-refractivity contribution in [2.45, 2.75) is 42.0 Å². The zero-order valence-corrected chi connectivity index (χ0v) is 17.6. The van der Waals surface area contributed by atoms with Crippen molar-refractivity contribution in [3.63, 3.8) is 0 Å². The van der Waals surface area contributed by atoms with E-state index in [4.69, 9.17) is 0 Å². The van der Waals surface area contributed by atoms with Crippen LogP contribution in [0.2, 0.25) is 0 Å². The van der Waals surface area contributed by atoms with Gasteiger partial charge in [0.25, 0.3) is 0 Å². The van der Waals surface area contributed by atoms with E-state index in [1.54, 1.807) is 0 Å². The Balaban J connectivity index is 1.62. The third-order valence-electron chi connectivity index (χ3n) is 5.60. The molecule has 0 radical (unpaired) electrons. The number of thioether (sulfide) groups is 1. The lowest BCUT2D eigenvalue weighted by molar-refractivity contribution is 0.552. The van der Waals surface area contributed by atoms with Gasteiger partial charge in [0.2, 0.25) is 0 Å². The predicted octanol–water partition coefficient (Wildman–Crippen LogP) is 6.47. The molecular formula is C25H27PS. The smallest absolute Gasteiger partial charge is 0.0101 e. The van der Waals surface area contributed by atoms with Gasteiger partial charge in [-0.2, -0.15) is 0 Å². The molecule has 0 heterocycles. The monoisotopic (exact) mass is 390 g/mol. The molecule has 0 aromatic heterocycles. The van der Waals surface area contributed by atoms with Gasteiger partial charge in [0.05, 0.1) is 0 Å². The molecule has 3 atom stereocenters. The number of hydrogen-bond donors (Lipinski definition) is 0. The molecular weight excluding hydrogens is 363 g/mol. The second kappa shape index (κ2) is 9.09. The Morgan fingerprint density at radius 2 is 1.26 bits per heavy atom. The van der Waals surface area contributed by atoms with Crippen molar-refractivity contribution in [2.24, 2.45) is 5.92 Å². The summed E-state index contributed by atoms with van der Waals surface area (Å²) in [4.78, 5) is 1.40. The van der Waals surface area contributed by atoms with Crippen molar-refractivity contribution < 1.29 is 0 Å². The third-order valence-corrected chi connectivity index (χ3v) is 9.88. The summed E-state index contributed by atoms with van der Waals surface area (Å²) < 4.78 is 0. The van der Waals surface area contributed by atoms with Crippen LogP contribution in [-0.2, 0) is 0 Å². The maximum absolute atomic E-state index is 2.45. The van der Waals surface area contributed by atoms with E-state index in [0.29, 0.717) is 5.25 Å². The first-order chi connectivity index (χ1) is 13.3. The molecule has 0 N–H and O–H groups in total. The summed E-state index contributed by atoms with van der Waals surface area (Å²) in [6.45, 7) is 2.45. The summed E-state index contributed by atoms with van der Waals surface area (Å²) in [7, 11) is -0.312. The minimum absolute atomic E-state index is 0.312. The van der Waals surface area contributed by atoms with Crippen molar-refractivity contribution in [3.05, 3.63) is 91.0 Å². The van der Waals surface area contributed by atoms with Crippen LogP contribution < -0.4 is 10.6 Å². The first-order valence-corrected chi connectivity index (χ1v) is 12.2. The van der Waals surface area contributed by atoms with E-state index in [0.717, 1.165) is 11.6 Å². The molecule has 1 fully saturated rings. The van der Waals surface area contributed by atoms with Crippen molar-refractivity contribution in [2.75, 3.05) is 0 Å². The van der Waals surface area contributed by atoms with E-state index in [1.807, 2.05) is 0 Å². The highest BCUT2D eigenvalue weighted by atomic mass is 32.2. The minimum atomic E-state index is -0.312. The van der Waals surface area contributed by atoms with Crippen LogP contribution in [0.1, 0.15) is 26.2 Å². The largest absolute Gasteiger partial charge is 0.123 e. The molecule has 27 heavy (non-hydrogen) atoms. The Morgan fingerprint density at radius 3 is 1.81 bits per heavy atom. The van der Waals surface area contributed by atoms with Gasteiger partial charge in [-0.3, -0.25) is 0 Å². The van der Waals surface area contributed by atoms with E-state index < -0.39 is 0 Å². The molecule has 1 aliphatic carbocycles. The van der Waals surface area contributed by atoms with Crippen LogP contribution in [0.15, 0.2) is 95.9 Å². The van der Waals surface area contributed by atoms with Crippen LogP contribution >= 0.6 is 19.7 Å². The fourth-order valence-corrected chi connectivity index (χ4v) is 8.99. The first-order valence-electron chi connectivity index (χ1n) is 9.94. The van der Waals surface area contributed by atoms with E-state index in [1.165, 1.54) is 34.8 Å². The van der Waals surface area contributed by atoms with Crippen LogP contribution in [0, 0.1) is 5.92 Å². The molecule has 4 rings (SSSR count). The van der Waals surface area contributed by atoms with E-state index in [2.05, 4.69) is 110 Å². The maximum Gasteiger partial charge on any atom is 0.0101 e. The van der Waals surface area contributed by atoms with Gasteiger partial charge in [-0.25, -0.2) is 0 Å². The highest BCUT2D eigenvalue weighted by Gasteiger charge is 2.38. The van der Waals surface area contributed by atoms with Crippen LogP contribution in [0.3, 0.4) is 0 Å². The molecule has 3 aromatic carbocycles. The van der Waals surface area contributed by atoms with Gasteiger partial charge in [0, 0.05) is 10.1 Å². The summed E-state index contributed by atoms with van der Waals surface area (Å²) in [5, 5.41) is 3.72. The van der Waals surface area contributed by atoms with Gasteiger partial charge >= 0.3 is 0 Å². The summed E-state index contributed by atoms with van der Waals surface area (Å²) >= 11 is 2.06. The fraction of sp³-hybridized carbons (Fsp3) is 0.280. The first kappa shape index (κ1) is 18.8. The van der Waals surface area contributed by atoms with Crippen LogP contribution in [-0.4, -0.2) is 10.9 Å². The zero-order chi connectivity index (χ0) is 18.5. The topological polar surface area (TPSA) is 0 Å². The van der Waals surface area contributed by atoms with Crippen molar-refractivity contribution in [1.82, 2.24) is 0 Å². The Kier molecular flexibility index (Phi) is 6.32. The van der Waals surface area contributed by atoms with Gasteiger partial charge in [-0.05, 0) is 55.1 Å². The lowest BCUT2D eigenvalue weighted by Gasteiger charge is -2.33. The molecule has 0 aliphatic heterocycles. The highest BCUT2D eigenvalue weighted by molar-refractivity contribution is 8.00. The number of rotatable bonds is 6. The van der Waals surface area contributed by atoms with Gasteiger partial charge in [-0.1, -0.05) is 92.2 Å². The standard InChI is InChI=1S/C25H27PS/c1-20(27-23-16-9-4-10-17-23)24-18-11-19-25(24)26(21-12-5-2-6-13-21)22-14-7-3-8-15-22/h2-10,12-17,20,24-25H,11,18-19H2,1H3/t20-,24?,25?/m1/s1. The molecule has 0 spiro atoms. The fourth-order valence-electron chi connectivity index (χ4n) is 4.35. The van der Waals surface area contributed by atoms with Crippen LogP contribution in [0.25, 0.3) is 0 Å². The molecule has 1 aliphatic rings. The Bertz CT molecular complexity index is 779. The molecule has 138 valence electrons. The summed E-state index contributed by atoms with van der Waals surface area (Å²) in [5.74, 6) is 0.779. The van der Waals surface area contributed by atoms with Gasteiger partial charge in [0.15, 0.2) is 0 Å². The second-order valence-electron chi connectivity index (χ2n) is 7.34. The second-order valence-corrected chi connectivity index (χ2v) is 11.2. The van der Waals surface area contributed by atoms with Crippen LogP contribution in [0.5, 0.6) is 0 Å². The summed E-state index contributed by atoms with van der Waals surface area (Å²) in [6, 6.07) is 33.4. The van der Waals surface area contributed by atoms with E-state index >= 15 is 0 Å². The maximum atomic E-state index is 2.45. The van der Waals surface area contributed by atoms with Gasteiger partial charge in [0.1, 0.15) is 0 Å². The summed E-state index contributed by atoms with van der Waals surface area (Å²) in [5.41, 5.74) is 0.774. The average molecular weight is 391 g/mol. The molecule has 3 aromatic rings. The predicted molar refractivity (Wildman–Crippen MR) is 122 cm³/mol. The molecule has 2 unspecified atom stereocenters. The molecule has 1 saturated carbocycles. The molecule has 0 bridgehead atoms. The van der Waals surface area contributed by atoms with Crippen molar-refractivity contribution in [3.8, 4) is 0 Å². The van der Waals surface area contributed by atoms with E-state index in [-0.39, 0.29) is 7.92 Å². The summed E-state index contributed by atoms with van der Waals surface area (Å²) in [6.07, 6.45) is 4.09. The van der Waals surface area contributed by atoms with Crippen LogP contribution in [0.4, 0.5) is 0 Å². The number of benzene rings is 3. The minimum Gasteiger partial charge on any atom is -0.123 e. The molecule has 0 nitrogen and oxygen atoms in total. The quantitative estimate of drug-likeness (QED) is 0.343. The lowest BCUT2D eigenvalue weighted by Crippen LogP contribution is -2.29. The Hall–Kier alpha value is -1.56. The molecule has 0 amide bonds.